The number of carbonyl (C=O) groups is 1. The summed E-state index contributed by atoms with van der Waals surface area (Å²) in [5.74, 6) is -0.298. The van der Waals surface area contributed by atoms with Gasteiger partial charge in [0.25, 0.3) is 5.69 Å². The number of nitrogens with one attached hydrogen (secondary N) is 2. The van der Waals surface area contributed by atoms with Gasteiger partial charge in [0, 0.05) is 18.7 Å². The molecule has 1 aliphatic rings. The third kappa shape index (κ3) is 3.10. The molecule has 0 unspecified atom stereocenters. The number of nitriles is 1. The maximum absolute atomic E-state index is 12.1. The lowest BCUT2D eigenvalue weighted by molar-refractivity contribution is -0.384. The van der Waals surface area contributed by atoms with Crippen LogP contribution in [0.4, 0.5) is 11.4 Å². The fraction of sp³-hybridized carbons (Fsp3) is 0.385. The molecular formula is C13H14N4O3. The molecular weight excluding hydrogens is 260 g/mol. The molecule has 7 heteroatoms. The summed E-state index contributed by atoms with van der Waals surface area (Å²) in [5.41, 5.74) is 0.240. The molecule has 0 radical (unpaired) electrons. The zero-order valence-corrected chi connectivity index (χ0v) is 10.8. The average Bonchev–Trinajstić information content (AvgIpc) is 2.48. The van der Waals surface area contributed by atoms with Crippen molar-refractivity contribution in [3.8, 4) is 6.07 Å². The summed E-state index contributed by atoms with van der Waals surface area (Å²) < 4.78 is 0. The Labute approximate surface area is 115 Å². The van der Waals surface area contributed by atoms with Crippen LogP contribution in [0.25, 0.3) is 0 Å². The molecule has 0 bridgehead atoms. The van der Waals surface area contributed by atoms with E-state index in [1.54, 1.807) is 0 Å². The Balaban J connectivity index is 2.14. The largest absolute Gasteiger partial charge is 0.325 e. The number of nitrogens with zero attached hydrogens (tertiary/aromatic N) is 2. The first-order valence-electron chi connectivity index (χ1n) is 6.32. The smallest absolute Gasteiger partial charge is 0.270 e. The van der Waals surface area contributed by atoms with Gasteiger partial charge in [0.2, 0.25) is 5.91 Å². The first kappa shape index (κ1) is 14.0. The van der Waals surface area contributed by atoms with Crippen LogP contribution in [0.5, 0.6) is 0 Å². The summed E-state index contributed by atoms with van der Waals surface area (Å²) in [7, 11) is 0. The number of amides is 1. The summed E-state index contributed by atoms with van der Waals surface area (Å²) in [5, 5.41) is 25.5. The quantitative estimate of drug-likeness (QED) is 0.639. The molecule has 1 aromatic rings. The molecule has 1 fully saturated rings. The molecule has 0 aliphatic carbocycles. The Morgan fingerprint density at radius 1 is 1.55 bits per heavy atom. The van der Waals surface area contributed by atoms with Crippen LogP contribution in [-0.4, -0.2) is 23.9 Å². The highest BCUT2D eigenvalue weighted by atomic mass is 16.6. The van der Waals surface area contributed by atoms with E-state index in [0.29, 0.717) is 12.2 Å². The third-order valence-electron chi connectivity index (χ3n) is 3.26. The van der Waals surface area contributed by atoms with E-state index in [-0.39, 0.29) is 23.1 Å². The molecule has 20 heavy (non-hydrogen) atoms. The van der Waals surface area contributed by atoms with Crippen LogP contribution in [0, 0.1) is 27.4 Å². The molecule has 104 valence electrons. The van der Waals surface area contributed by atoms with Crippen LogP contribution in [-0.2, 0) is 4.79 Å². The Hall–Kier alpha value is -2.46. The minimum absolute atomic E-state index is 0.0938. The van der Waals surface area contributed by atoms with Gasteiger partial charge in [-0.3, -0.25) is 14.9 Å². The molecule has 0 saturated carbocycles. The van der Waals surface area contributed by atoms with Crippen molar-refractivity contribution < 1.29 is 9.72 Å². The molecule has 1 aromatic carbocycles. The van der Waals surface area contributed by atoms with E-state index < -0.39 is 4.92 Å². The van der Waals surface area contributed by atoms with Gasteiger partial charge in [0.15, 0.2) is 0 Å². The van der Waals surface area contributed by atoms with E-state index in [1.807, 2.05) is 6.07 Å². The molecule has 7 nitrogen and oxygen atoms in total. The number of anilines is 1. The van der Waals surface area contributed by atoms with Crippen LogP contribution >= 0.6 is 0 Å². The fourth-order valence-electron chi connectivity index (χ4n) is 2.16. The number of benzene rings is 1. The standard InChI is InChI=1S/C13H14N4O3/c14-7-10-6-11(17(19)20)3-4-12(10)16-13(18)9-2-1-5-15-8-9/h3-4,6,9,15H,1-2,5,8H2,(H,16,18)/t9-/m0/s1. The normalized spacial score (nSPS) is 18.1. The van der Waals surface area contributed by atoms with Crippen LogP contribution in [0.15, 0.2) is 18.2 Å². The maximum Gasteiger partial charge on any atom is 0.270 e. The summed E-state index contributed by atoms with van der Waals surface area (Å²) in [4.78, 5) is 22.1. The van der Waals surface area contributed by atoms with Crippen molar-refractivity contribution in [3.05, 3.63) is 33.9 Å². The van der Waals surface area contributed by atoms with Crippen molar-refractivity contribution in [2.45, 2.75) is 12.8 Å². The number of non-ortho nitro benzene ring substituents is 1. The van der Waals surface area contributed by atoms with Crippen molar-refractivity contribution >= 4 is 17.3 Å². The van der Waals surface area contributed by atoms with Crippen molar-refractivity contribution in [1.29, 1.82) is 5.26 Å². The number of hydrogen-bond donors (Lipinski definition) is 2. The fourth-order valence-corrected chi connectivity index (χ4v) is 2.16. The van der Waals surface area contributed by atoms with E-state index in [2.05, 4.69) is 10.6 Å². The first-order valence-corrected chi connectivity index (χ1v) is 6.32. The SMILES string of the molecule is N#Cc1cc([N+](=O)[O-])ccc1NC(=O)[C@H]1CCCNC1. The van der Waals surface area contributed by atoms with E-state index in [9.17, 15) is 14.9 Å². The highest BCUT2D eigenvalue weighted by Gasteiger charge is 2.22. The molecule has 1 aliphatic heterocycles. The molecule has 2 N–H and O–H groups in total. The van der Waals surface area contributed by atoms with Crippen molar-refractivity contribution in [2.75, 3.05) is 18.4 Å². The van der Waals surface area contributed by atoms with E-state index in [0.717, 1.165) is 25.5 Å². The van der Waals surface area contributed by atoms with Crippen LogP contribution in [0.1, 0.15) is 18.4 Å². The zero-order chi connectivity index (χ0) is 14.5. The van der Waals surface area contributed by atoms with Gasteiger partial charge in [-0.05, 0) is 25.5 Å². The molecule has 2 rings (SSSR count). The second-order valence-corrected chi connectivity index (χ2v) is 4.63. The monoisotopic (exact) mass is 274 g/mol. The number of nitro groups is 1. The number of hydrogen-bond acceptors (Lipinski definition) is 5. The van der Waals surface area contributed by atoms with Crippen LogP contribution in [0.2, 0.25) is 0 Å². The molecule has 0 aromatic heterocycles. The van der Waals surface area contributed by atoms with Gasteiger partial charge in [0.05, 0.1) is 22.1 Å². The van der Waals surface area contributed by atoms with E-state index in [1.165, 1.54) is 12.1 Å². The Morgan fingerprint density at radius 2 is 2.35 bits per heavy atom. The van der Waals surface area contributed by atoms with Crippen molar-refractivity contribution in [2.24, 2.45) is 5.92 Å². The predicted octanol–water partition coefficient (Wildman–Crippen LogP) is 1.40. The lowest BCUT2D eigenvalue weighted by Crippen LogP contribution is -2.37. The maximum atomic E-state index is 12.1. The highest BCUT2D eigenvalue weighted by molar-refractivity contribution is 5.94. The van der Waals surface area contributed by atoms with Gasteiger partial charge in [-0.2, -0.15) is 5.26 Å². The summed E-state index contributed by atoms with van der Waals surface area (Å²) in [6, 6.07) is 5.69. The number of piperidine rings is 1. The lowest BCUT2D eigenvalue weighted by atomic mass is 9.98. The first-order chi connectivity index (χ1) is 9.61. The average molecular weight is 274 g/mol. The van der Waals surface area contributed by atoms with E-state index >= 15 is 0 Å². The van der Waals surface area contributed by atoms with Gasteiger partial charge < -0.3 is 10.6 Å². The lowest BCUT2D eigenvalue weighted by Gasteiger charge is -2.22. The van der Waals surface area contributed by atoms with Gasteiger partial charge in [-0.1, -0.05) is 0 Å². The van der Waals surface area contributed by atoms with Gasteiger partial charge in [-0.25, -0.2) is 0 Å². The zero-order valence-electron chi connectivity index (χ0n) is 10.8. The minimum Gasteiger partial charge on any atom is -0.325 e. The van der Waals surface area contributed by atoms with Gasteiger partial charge in [0.1, 0.15) is 6.07 Å². The predicted molar refractivity (Wildman–Crippen MR) is 72.0 cm³/mol. The topological polar surface area (TPSA) is 108 Å². The van der Waals surface area contributed by atoms with E-state index in [4.69, 9.17) is 5.26 Å². The molecule has 1 atom stereocenters. The number of rotatable bonds is 3. The molecule has 1 saturated heterocycles. The molecule has 0 spiro atoms. The Bertz CT molecular complexity index is 573. The van der Waals surface area contributed by atoms with Crippen LogP contribution < -0.4 is 10.6 Å². The van der Waals surface area contributed by atoms with Crippen molar-refractivity contribution in [1.82, 2.24) is 5.32 Å². The minimum atomic E-state index is -0.572. The molecule has 1 amide bonds. The second-order valence-electron chi connectivity index (χ2n) is 4.63. The van der Waals surface area contributed by atoms with Crippen LogP contribution in [0.3, 0.4) is 0 Å². The number of nitro benzene ring substituents is 1. The summed E-state index contributed by atoms with van der Waals surface area (Å²) >= 11 is 0. The summed E-state index contributed by atoms with van der Waals surface area (Å²) in [6.45, 7) is 1.52. The Kier molecular flexibility index (Phi) is 4.27. The highest BCUT2D eigenvalue weighted by Crippen LogP contribution is 2.22. The Morgan fingerprint density at radius 3 is 2.95 bits per heavy atom. The van der Waals surface area contributed by atoms with Gasteiger partial charge >= 0.3 is 0 Å². The van der Waals surface area contributed by atoms with Gasteiger partial charge in [-0.15, -0.1) is 0 Å². The summed E-state index contributed by atoms with van der Waals surface area (Å²) in [6.07, 6.45) is 1.73. The second kappa shape index (κ2) is 6.12. The van der Waals surface area contributed by atoms with Crippen molar-refractivity contribution in [3.63, 3.8) is 0 Å². The third-order valence-corrected chi connectivity index (χ3v) is 3.26. The molecule has 1 heterocycles. The number of carbonyl (C=O) groups excluding carboxylic acids is 1.